The molecule has 1 aliphatic rings. The van der Waals surface area contributed by atoms with Crippen LogP contribution < -0.4 is 9.47 Å². The van der Waals surface area contributed by atoms with Crippen LogP contribution in [-0.4, -0.2) is 50.2 Å². The molecular formula is C18H24N2O3. The maximum atomic E-state index is 5.53. The van der Waals surface area contributed by atoms with Crippen molar-refractivity contribution >= 4 is 0 Å². The largest absolute Gasteiger partial charge is 0.493 e. The van der Waals surface area contributed by atoms with Gasteiger partial charge >= 0.3 is 0 Å². The Kier molecular flexibility index (Phi) is 5.20. The standard InChI is InChI=1S/C18H24N2O3/c1-21-17-7-3-5-15(18(17)22-2)13-19-8-10-20(11-9-19)14-16-6-4-12-23-16/h3-7,12H,8-11,13-14H2,1-2H3. The Morgan fingerprint density at radius 3 is 2.26 bits per heavy atom. The number of benzene rings is 1. The Balaban J connectivity index is 1.56. The van der Waals surface area contributed by atoms with E-state index in [1.807, 2.05) is 24.3 Å². The lowest BCUT2D eigenvalue weighted by Crippen LogP contribution is -2.45. The van der Waals surface area contributed by atoms with Crippen LogP contribution in [0.25, 0.3) is 0 Å². The average Bonchev–Trinajstić information content (AvgIpc) is 3.09. The Bertz CT molecular complexity index is 605. The van der Waals surface area contributed by atoms with Crippen LogP contribution in [-0.2, 0) is 13.1 Å². The summed E-state index contributed by atoms with van der Waals surface area (Å²) < 4.78 is 16.3. The number of hydrogen-bond acceptors (Lipinski definition) is 5. The Morgan fingerprint density at radius 1 is 0.913 bits per heavy atom. The molecule has 0 spiro atoms. The summed E-state index contributed by atoms with van der Waals surface area (Å²) in [5, 5.41) is 0. The zero-order chi connectivity index (χ0) is 16.1. The minimum Gasteiger partial charge on any atom is -0.493 e. The number of ether oxygens (including phenoxy) is 2. The van der Waals surface area contributed by atoms with E-state index in [9.17, 15) is 0 Å². The van der Waals surface area contributed by atoms with Crippen LogP contribution in [0.1, 0.15) is 11.3 Å². The van der Waals surface area contributed by atoms with E-state index >= 15 is 0 Å². The van der Waals surface area contributed by atoms with Crippen molar-refractivity contribution in [3.63, 3.8) is 0 Å². The Labute approximate surface area is 137 Å². The fourth-order valence-electron chi connectivity index (χ4n) is 3.05. The molecule has 0 bridgehead atoms. The molecule has 0 N–H and O–H groups in total. The van der Waals surface area contributed by atoms with E-state index in [0.29, 0.717) is 0 Å². The zero-order valence-electron chi connectivity index (χ0n) is 13.8. The predicted octanol–water partition coefficient (Wildman–Crippen LogP) is 2.61. The minimum absolute atomic E-state index is 0.793. The average molecular weight is 316 g/mol. The van der Waals surface area contributed by atoms with Gasteiger partial charge in [0.1, 0.15) is 5.76 Å². The molecule has 1 aliphatic heterocycles. The third kappa shape index (κ3) is 3.86. The van der Waals surface area contributed by atoms with Crippen molar-refractivity contribution in [3.8, 4) is 11.5 Å². The van der Waals surface area contributed by atoms with E-state index in [4.69, 9.17) is 13.9 Å². The molecule has 5 nitrogen and oxygen atoms in total. The highest BCUT2D eigenvalue weighted by molar-refractivity contribution is 5.46. The smallest absolute Gasteiger partial charge is 0.165 e. The molecule has 5 heteroatoms. The van der Waals surface area contributed by atoms with Crippen molar-refractivity contribution in [2.24, 2.45) is 0 Å². The summed E-state index contributed by atoms with van der Waals surface area (Å²) >= 11 is 0. The van der Waals surface area contributed by atoms with Crippen LogP contribution >= 0.6 is 0 Å². The molecule has 0 amide bonds. The monoisotopic (exact) mass is 316 g/mol. The van der Waals surface area contributed by atoms with Gasteiger partial charge in [-0.15, -0.1) is 0 Å². The predicted molar refractivity (Wildman–Crippen MR) is 88.8 cm³/mol. The fourth-order valence-corrected chi connectivity index (χ4v) is 3.05. The quantitative estimate of drug-likeness (QED) is 0.819. The second-order valence-electron chi connectivity index (χ2n) is 5.78. The highest BCUT2D eigenvalue weighted by Gasteiger charge is 2.19. The van der Waals surface area contributed by atoms with E-state index < -0.39 is 0 Å². The first-order valence-corrected chi connectivity index (χ1v) is 7.97. The lowest BCUT2D eigenvalue weighted by Gasteiger charge is -2.34. The molecule has 1 aromatic heterocycles. The molecule has 0 unspecified atom stereocenters. The third-order valence-corrected chi connectivity index (χ3v) is 4.30. The van der Waals surface area contributed by atoms with Gasteiger partial charge in [0.05, 0.1) is 27.0 Å². The maximum Gasteiger partial charge on any atom is 0.165 e. The molecule has 0 atom stereocenters. The van der Waals surface area contributed by atoms with Crippen LogP contribution in [0.2, 0.25) is 0 Å². The fraction of sp³-hybridized carbons (Fsp3) is 0.444. The number of methoxy groups -OCH3 is 2. The summed E-state index contributed by atoms with van der Waals surface area (Å²) in [5.41, 5.74) is 1.17. The molecule has 23 heavy (non-hydrogen) atoms. The Morgan fingerprint density at radius 2 is 1.65 bits per heavy atom. The van der Waals surface area contributed by atoms with Gasteiger partial charge in [-0.25, -0.2) is 0 Å². The van der Waals surface area contributed by atoms with E-state index in [1.54, 1.807) is 20.5 Å². The molecule has 0 aliphatic carbocycles. The first-order chi connectivity index (χ1) is 11.3. The third-order valence-electron chi connectivity index (χ3n) is 4.30. The summed E-state index contributed by atoms with van der Waals surface area (Å²) in [6, 6.07) is 10.0. The molecule has 2 heterocycles. The van der Waals surface area contributed by atoms with Crippen molar-refractivity contribution < 1.29 is 13.9 Å². The van der Waals surface area contributed by atoms with E-state index in [1.165, 1.54) is 5.56 Å². The zero-order valence-corrected chi connectivity index (χ0v) is 13.8. The van der Waals surface area contributed by atoms with Crippen LogP contribution in [0.5, 0.6) is 11.5 Å². The van der Waals surface area contributed by atoms with Crippen LogP contribution in [0.3, 0.4) is 0 Å². The molecule has 0 radical (unpaired) electrons. The SMILES string of the molecule is COc1cccc(CN2CCN(Cc3ccco3)CC2)c1OC. The number of para-hydroxylation sites is 1. The number of hydrogen-bond donors (Lipinski definition) is 0. The van der Waals surface area contributed by atoms with Gasteiger partial charge in [0, 0.05) is 38.3 Å². The first kappa shape index (κ1) is 15.9. The van der Waals surface area contributed by atoms with Crippen LogP contribution in [0.15, 0.2) is 41.0 Å². The molecule has 124 valence electrons. The summed E-state index contributed by atoms with van der Waals surface area (Å²) in [5.74, 6) is 2.67. The normalized spacial score (nSPS) is 16.4. The Hall–Kier alpha value is -1.98. The molecule has 0 saturated carbocycles. The highest BCUT2D eigenvalue weighted by Crippen LogP contribution is 2.31. The van der Waals surface area contributed by atoms with Gasteiger partial charge in [0.15, 0.2) is 11.5 Å². The number of rotatable bonds is 6. The van der Waals surface area contributed by atoms with Gasteiger partial charge in [-0.2, -0.15) is 0 Å². The van der Waals surface area contributed by atoms with Gasteiger partial charge in [-0.1, -0.05) is 12.1 Å². The highest BCUT2D eigenvalue weighted by atomic mass is 16.5. The van der Waals surface area contributed by atoms with Gasteiger partial charge < -0.3 is 13.9 Å². The van der Waals surface area contributed by atoms with Crippen molar-refractivity contribution in [2.45, 2.75) is 13.1 Å². The lowest BCUT2D eigenvalue weighted by atomic mass is 10.1. The molecule has 2 aromatic rings. The van der Waals surface area contributed by atoms with E-state index in [2.05, 4.69) is 15.9 Å². The molecule has 3 rings (SSSR count). The molecule has 1 aromatic carbocycles. The number of piperazine rings is 1. The second-order valence-corrected chi connectivity index (χ2v) is 5.78. The summed E-state index contributed by atoms with van der Waals surface area (Å²) in [7, 11) is 3.37. The van der Waals surface area contributed by atoms with Gasteiger partial charge in [0.25, 0.3) is 0 Å². The number of furan rings is 1. The maximum absolute atomic E-state index is 5.53. The number of nitrogens with zero attached hydrogens (tertiary/aromatic N) is 2. The first-order valence-electron chi connectivity index (χ1n) is 7.97. The van der Waals surface area contributed by atoms with E-state index in [0.717, 1.165) is 56.5 Å². The van der Waals surface area contributed by atoms with Gasteiger partial charge in [-0.3, -0.25) is 9.80 Å². The summed E-state index contributed by atoms with van der Waals surface area (Å²) in [4.78, 5) is 4.88. The molecular weight excluding hydrogens is 292 g/mol. The lowest BCUT2D eigenvalue weighted by molar-refractivity contribution is 0.115. The van der Waals surface area contributed by atoms with Crippen LogP contribution in [0.4, 0.5) is 0 Å². The van der Waals surface area contributed by atoms with Crippen molar-refractivity contribution in [1.82, 2.24) is 9.80 Å². The van der Waals surface area contributed by atoms with Crippen molar-refractivity contribution in [1.29, 1.82) is 0 Å². The minimum atomic E-state index is 0.793. The molecule has 1 fully saturated rings. The van der Waals surface area contributed by atoms with Crippen molar-refractivity contribution in [3.05, 3.63) is 47.9 Å². The topological polar surface area (TPSA) is 38.1 Å². The second kappa shape index (κ2) is 7.53. The van der Waals surface area contributed by atoms with E-state index in [-0.39, 0.29) is 0 Å². The summed E-state index contributed by atoms with van der Waals surface area (Å²) in [6.45, 7) is 5.96. The van der Waals surface area contributed by atoms with Gasteiger partial charge in [-0.05, 0) is 18.2 Å². The van der Waals surface area contributed by atoms with Gasteiger partial charge in [0.2, 0.25) is 0 Å². The van der Waals surface area contributed by atoms with Crippen LogP contribution in [0, 0.1) is 0 Å². The van der Waals surface area contributed by atoms with Crippen molar-refractivity contribution in [2.75, 3.05) is 40.4 Å². The summed E-state index contributed by atoms with van der Waals surface area (Å²) in [6.07, 6.45) is 1.74. The molecule has 1 saturated heterocycles.